The van der Waals surface area contributed by atoms with Crippen molar-refractivity contribution in [3.63, 3.8) is 0 Å². The number of nitrogens with one attached hydrogen (secondary N) is 1. The summed E-state index contributed by atoms with van der Waals surface area (Å²) in [4.78, 5) is 5.22. The Morgan fingerprint density at radius 1 is 1.45 bits per heavy atom. The van der Waals surface area contributed by atoms with E-state index >= 15 is 0 Å². The zero-order valence-corrected chi connectivity index (χ0v) is 13.2. The average molecular weight is 315 g/mol. The van der Waals surface area contributed by atoms with Crippen LogP contribution in [-0.2, 0) is 23.1 Å². The third kappa shape index (κ3) is 2.62. The van der Waals surface area contributed by atoms with Gasteiger partial charge in [0.25, 0.3) is 0 Å². The van der Waals surface area contributed by atoms with Gasteiger partial charge in [0.05, 0.1) is 22.6 Å². The maximum absolute atomic E-state index is 12.6. The molecule has 7 nitrogen and oxygen atoms in total. The summed E-state index contributed by atoms with van der Waals surface area (Å²) in [6.45, 7) is 3.89. The number of H-pyrrole nitrogens is 1. The van der Waals surface area contributed by atoms with E-state index in [2.05, 4.69) is 15.2 Å². The number of nitrogens with two attached hydrogens (primary N) is 1. The molecule has 2 aromatic rings. The molecule has 0 saturated carbocycles. The van der Waals surface area contributed by atoms with Crippen molar-refractivity contribution in [2.45, 2.75) is 31.8 Å². The molecular weight excluding hydrogens is 298 g/mol. The quantitative estimate of drug-likeness (QED) is 0.847. The van der Waals surface area contributed by atoms with Crippen molar-refractivity contribution in [2.24, 2.45) is 5.73 Å². The number of sulfonamides is 1. The molecular formula is C11H17N5O2S2. The van der Waals surface area contributed by atoms with Gasteiger partial charge in [-0.05, 0) is 13.8 Å². The van der Waals surface area contributed by atoms with Gasteiger partial charge in [0.15, 0.2) is 0 Å². The molecule has 110 valence electrons. The van der Waals surface area contributed by atoms with Crippen LogP contribution < -0.4 is 5.73 Å². The van der Waals surface area contributed by atoms with Crippen LogP contribution in [0, 0.1) is 13.8 Å². The highest BCUT2D eigenvalue weighted by molar-refractivity contribution is 7.89. The first-order valence-corrected chi connectivity index (χ1v) is 8.29. The zero-order chi connectivity index (χ0) is 14.9. The van der Waals surface area contributed by atoms with Gasteiger partial charge in [-0.15, -0.1) is 11.3 Å². The smallest absolute Gasteiger partial charge is 0.246 e. The first-order valence-electron chi connectivity index (χ1n) is 5.97. The highest BCUT2D eigenvalue weighted by atomic mass is 32.2. The molecule has 2 rings (SSSR count). The fourth-order valence-corrected chi connectivity index (χ4v) is 4.25. The highest BCUT2D eigenvalue weighted by Gasteiger charge is 2.28. The van der Waals surface area contributed by atoms with Gasteiger partial charge in [-0.3, -0.25) is 5.10 Å². The molecule has 0 aromatic carbocycles. The summed E-state index contributed by atoms with van der Waals surface area (Å²) in [5, 5.41) is 6.61. The van der Waals surface area contributed by atoms with Crippen LogP contribution in [0.3, 0.4) is 0 Å². The van der Waals surface area contributed by atoms with Crippen LogP contribution in [0.25, 0.3) is 0 Å². The van der Waals surface area contributed by atoms with Gasteiger partial charge in [-0.1, -0.05) is 0 Å². The molecule has 0 aliphatic heterocycles. The minimum absolute atomic E-state index is 0.0757. The fourth-order valence-electron chi connectivity index (χ4n) is 1.87. The number of aryl methyl sites for hydroxylation is 2. The Morgan fingerprint density at radius 2 is 2.15 bits per heavy atom. The Bertz CT molecular complexity index is 704. The van der Waals surface area contributed by atoms with Crippen LogP contribution in [0.1, 0.15) is 22.0 Å². The van der Waals surface area contributed by atoms with Gasteiger partial charge in [-0.25, -0.2) is 13.4 Å². The lowest BCUT2D eigenvalue weighted by Crippen LogP contribution is -2.27. The van der Waals surface area contributed by atoms with E-state index in [4.69, 9.17) is 5.73 Å². The molecule has 9 heteroatoms. The second-order valence-corrected chi connectivity index (χ2v) is 7.37. The Hall–Kier alpha value is -1.29. The molecule has 20 heavy (non-hydrogen) atoms. The van der Waals surface area contributed by atoms with Crippen molar-refractivity contribution in [2.75, 3.05) is 7.05 Å². The van der Waals surface area contributed by atoms with E-state index in [1.165, 1.54) is 15.6 Å². The lowest BCUT2D eigenvalue weighted by Gasteiger charge is -2.17. The molecule has 0 radical (unpaired) electrons. The number of aromatic amines is 1. The first-order chi connectivity index (χ1) is 9.37. The van der Waals surface area contributed by atoms with Gasteiger partial charge < -0.3 is 5.73 Å². The van der Waals surface area contributed by atoms with Crippen LogP contribution in [0.5, 0.6) is 0 Å². The summed E-state index contributed by atoms with van der Waals surface area (Å²) < 4.78 is 26.5. The van der Waals surface area contributed by atoms with Crippen LogP contribution in [-0.4, -0.2) is 35.0 Å². The second-order valence-electron chi connectivity index (χ2n) is 4.45. The molecule has 0 amide bonds. The lowest BCUT2D eigenvalue weighted by atomic mass is 10.4. The van der Waals surface area contributed by atoms with E-state index in [-0.39, 0.29) is 18.0 Å². The van der Waals surface area contributed by atoms with E-state index in [0.717, 1.165) is 10.6 Å². The van der Waals surface area contributed by atoms with E-state index in [0.29, 0.717) is 11.4 Å². The molecule has 2 heterocycles. The Labute approximate surface area is 121 Å². The van der Waals surface area contributed by atoms with Gasteiger partial charge >= 0.3 is 0 Å². The Morgan fingerprint density at radius 3 is 2.70 bits per heavy atom. The standard InChI is InChI=1S/C11H17N5O2S2/c1-7-10(19-6-13-7)5-16(3)20(17,18)11-8(2)14-15-9(11)4-12/h6H,4-5,12H2,1-3H3,(H,14,15). The minimum atomic E-state index is -3.62. The molecule has 0 bridgehead atoms. The largest absolute Gasteiger partial charge is 0.325 e. The number of nitrogens with zero attached hydrogens (tertiary/aromatic N) is 3. The van der Waals surface area contributed by atoms with Crippen molar-refractivity contribution in [3.05, 3.63) is 27.5 Å². The van der Waals surface area contributed by atoms with Crippen LogP contribution in [0.15, 0.2) is 10.4 Å². The van der Waals surface area contributed by atoms with E-state index in [1.807, 2.05) is 6.92 Å². The monoisotopic (exact) mass is 315 g/mol. The SMILES string of the molecule is Cc1ncsc1CN(C)S(=O)(=O)c1c(CN)n[nH]c1C. The highest BCUT2D eigenvalue weighted by Crippen LogP contribution is 2.24. The maximum atomic E-state index is 12.6. The van der Waals surface area contributed by atoms with Gasteiger partial charge in [0.1, 0.15) is 4.90 Å². The van der Waals surface area contributed by atoms with Crippen molar-refractivity contribution < 1.29 is 8.42 Å². The lowest BCUT2D eigenvalue weighted by molar-refractivity contribution is 0.467. The van der Waals surface area contributed by atoms with Gasteiger partial charge in [0, 0.05) is 25.0 Å². The summed E-state index contributed by atoms with van der Waals surface area (Å²) in [5.41, 5.74) is 8.96. The molecule has 2 aromatic heterocycles. The average Bonchev–Trinajstić information content (AvgIpc) is 2.96. The van der Waals surface area contributed by atoms with Crippen LogP contribution >= 0.6 is 11.3 Å². The molecule has 0 aliphatic carbocycles. The van der Waals surface area contributed by atoms with E-state index in [1.54, 1.807) is 19.5 Å². The molecule has 0 saturated heterocycles. The van der Waals surface area contributed by atoms with Gasteiger partial charge in [-0.2, -0.15) is 9.40 Å². The van der Waals surface area contributed by atoms with Crippen molar-refractivity contribution in [3.8, 4) is 0 Å². The molecule has 0 aliphatic rings. The summed E-state index contributed by atoms with van der Waals surface area (Å²) in [7, 11) is -2.08. The fraction of sp³-hybridized carbons (Fsp3) is 0.455. The topological polar surface area (TPSA) is 105 Å². The number of thiazole rings is 1. The molecule has 0 fully saturated rings. The molecule has 0 unspecified atom stereocenters. The predicted octanol–water partition coefficient (Wildman–Crippen LogP) is 0.762. The minimum Gasteiger partial charge on any atom is -0.325 e. The van der Waals surface area contributed by atoms with Crippen molar-refractivity contribution in [1.82, 2.24) is 19.5 Å². The van der Waals surface area contributed by atoms with E-state index < -0.39 is 10.0 Å². The Balaban J connectivity index is 2.35. The number of hydrogen-bond acceptors (Lipinski definition) is 6. The zero-order valence-electron chi connectivity index (χ0n) is 11.5. The summed E-state index contributed by atoms with van der Waals surface area (Å²) >= 11 is 1.44. The van der Waals surface area contributed by atoms with Crippen LogP contribution in [0.2, 0.25) is 0 Å². The number of hydrogen-bond donors (Lipinski definition) is 2. The molecule has 0 atom stereocenters. The second kappa shape index (κ2) is 5.60. The normalized spacial score (nSPS) is 12.2. The third-order valence-corrected chi connectivity index (χ3v) is 5.96. The van der Waals surface area contributed by atoms with Crippen molar-refractivity contribution in [1.29, 1.82) is 0 Å². The third-order valence-electron chi connectivity index (χ3n) is 3.03. The number of aromatic nitrogens is 3. The van der Waals surface area contributed by atoms with Crippen molar-refractivity contribution >= 4 is 21.4 Å². The van der Waals surface area contributed by atoms with E-state index in [9.17, 15) is 8.42 Å². The van der Waals surface area contributed by atoms with Crippen LogP contribution in [0.4, 0.5) is 0 Å². The molecule has 0 spiro atoms. The Kier molecular flexibility index (Phi) is 4.23. The summed E-state index contributed by atoms with van der Waals surface area (Å²) in [6, 6.07) is 0. The molecule has 3 N–H and O–H groups in total. The predicted molar refractivity (Wildman–Crippen MR) is 76.7 cm³/mol. The maximum Gasteiger partial charge on any atom is 0.246 e. The van der Waals surface area contributed by atoms with Gasteiger partial charge in [0.2, 0.25) is 10.0 Å². The summed E-state index contributed by atoms with van der Waals surface area (Å²) in [5.74, 6) is 0. The first kappa shape index (κ1) is 15.1. The number of rotatable bonds is 5. The summed E-state index contributed by atoms with van der Waals surface area (Å²) in [6.07, 6.45) is 0.